The van der Waals surface area contributed by atoms with Gasteiger partial charge in [-0.25, -0.2) is 14.6 Å². The molecule has 1 unspecified atom stereocenters. The minimum Gasteiger partial charge on any atom is -0.497 e. The van der Waals surface area contributed by atoms with Crippen molar-refractivity contribution >= 4 is 23.1 Å². The van der Waals surface area contributed by atoms with Gasteiger partial charge in [0.15, 0.2) is 5.82 Å². The lowest BCUT2D eigenvalue weighted by Crippen LogP contribution is -2.30. The maximum atomic E-state index is 13.4. The van der Waals surface area contributed by atoms with Crippen molar-refractivity contribution < 1.29 is 14.3 Å². The number of amides is 1. The van der Waals surface area contributed by atoms with Crippen molar-refractivity contribution in [2.45, 2.75) is 73.1 Å². The van der Waals surface area contributed by atoms with Crippen molar-refractivity contribution in [3.05, 3.63) is 108 Å². The molecule has 1 aliphatic carbocycles. The molecule has 2 aromatic heterocycles. The molecule has 1 atom stereocenters. The summed E-state index contributed by atoms with van der Waals surface area (Å²) < 4.78 is 12.2. The molecular formula is C45H60N8O3. The number of aromatic nitrogens is 4. The number of nitrogens with two attached hydrogens (primary N) is 1. The van der Waals surface area contributed by atoms with Gasteiger partial charge in [-0.2, -0.15) is 0 Å². The second-order valence-corrected chi connectivity index (χ2v) is 15.2. The van der Waals surface area contributed by atoms with Crippen LogP contribution in [-0.2, 0) is 16.6 Å². The summed E-state index contributed by atoms with van der Waals surface area (Å²) in [5.74, 6) is 1.89. The van der Waals surface area contributed by atoms with Crippen molar-refractivity contribution in [1.82, 2.24) is 24.6 Å². The van der Waals surface area contributed by atoms with Crippen LogP contribution in [0.25, 0.3) is 17.2 Å². The van der Waals surface area contributed by atoms with Gasteiger partial charge < -0.3 is 30.3 Å². The van der Waals surface area contributed by atoms with E-state index >= 15 is 0 Å². The van der Waals surface area contributed by atoms with E-state index < -0.39 is 0 Å². The largest absolute Gasteiger partial charge is 0.497 e. The van der Waals surface area contributed by atoms with E-state index in [4.69, 9.17) is 20.2 Å². The minimum atomic E-state index is -0.324. The highest BCUT2D eigenvalue weighted by atomic mass is 16.5. The molecule has 2 aromatic carbocycles. The second kappa shape index (κ2) is 18.0. The van der Waals surface area contributed by atoms with Gasteiger partial charge in [0.2, 0.25) is 0 Å². The Labute approximate surface area is 333 Å². The Morgan fingerprint density at radius 3 is 2.57 bits per heavy atom. The molecule has 1 spiro atoms. The smallest absolute Gasteiger partial charge is 0.261 e. The summed E-state index contributed by atoms with van der Waals surface area (Å²) in [6.07, 6.45) is 10.3. The lowest BCUT2D eigenvalue weighted by molar-refractivity contribution is 0.102. The number of rotatable bonds is 10. The van der Waals surface area contributed by atoms with Crippen LogP contribution in [0.4, 0.5) is 17.2 Å². The molecule has 4 heterocycles. The number of nitrogen functional groups attached to an aromatic ring is 1. The van der Waals surface area contributed by atoms with Crippen LogP contribution in [0.15, 0.2) is 91.5 Å². The highest BCUT2D eigenvalue weighted by molar-refractivity contribution is 6.07. The molecule has 11 heteroatoms. The average molecular weight is 761 g/mol. The first-order chi connectivity index (χ1) is 26.9. The van der Waals surface area contributed by atoms with E-state index in [1.165, 1.54) is 36.2 Å². The van der Waals surface area contributed by atoms with Crippen LogP contribution in [0, 0.1) is 5.41 Å². The number of likely N-dealkylation sites (tertiary alicyclic amines) is 1. The minimum absolute atomic E-state index is 0.0939. The zero-order valence-electron chi connectivity index (χ0n) is 34.6. The monoisotopic (exact) mass is 760 g/mol. The third kappa shape index (κ3) is 9.33. The van der Waals surface area contributed by atoms with E-state index in [1.807, 2.05) is 70.3 Å². The number of ether oxygens (including phenoxy) is 2. The summed E-state index contributed by atoms with van der Waals surface area (Å²) in [4.78, 5) is 27.9. The summed E-state index contributed by atoms with van der Waals surface area (Å²) in [7, 11) is 1.68. The molecule has 11 nitrogen and oxygen atoms in total. The van der Waals surface area contributed by atoms with Crippen LogP contribution in [-0.4, -0.2) is 77.0 Å². The first kappa shape index (κ1) is 41.7. The maximum Gasteiger partial charge on any atom is 0.261 e. The number of hydrogen-bond acceptors (Lipinski definition) is 9. The molecule has 298 valence electrons. The van der Waals surface area contributed by atoms with E-state index in [0.717, 1.165) is 71.3 Å². The number of nitrogens with one attached hydrogen (secondary N) is 1. The molecule has 3 N–H and O–H groups in total. The maximum absolute atomic E-state index is 13.4. The number of benzene rings is 2. The molecule has 0 radical (unpaired) electrons. The lowest BCUT2D eigenvalue weighted by Gasteiger charge is -2.33. The molecule has 2 fully saturated rings. The number of allylic oxidation sites excluding steroid dienone is 2. The SMILES string of the molecule is C=CC(=C)CO/C(C)=C/C.CC.CCN1CCC2(CCN(c3cccc(NC(=O)c4cn(-c5ncc6c(n5)-c5ccc(OC)cc5C(C)(C)C6)nc4N)c3)C2)C1. The summed E-state index contributed by atoms with van der Waals surface area (Å²) in [6, 6.07) is 14.1. The topological polar surface area (TPSA) is 124 Å². The molecule has 1 amide bonds. The molecule has 2 saturated heterocycles. The predicted octanol–water partition coefficient (Wildman–Crippen LogP) is 8.62. The Hall–Kier alpha value is -5.42. The summed E-state index contributed by atoms with van der Waals surface area (Å²) in [6.45, 7) is 27.9. The van der Waals surface area contributed by atoms with E-state index in [1.54, 1.807) is 19.4 Å². The fourth-order valence-corrected chi connectivity index (χ4v) is 7.64. The van der Waals surface area contributed by atoms with Crippen molar-refractivity contribution in [1.29, 1.82) is 0 Å². The Bertz CT molecular complexity index is 2070. The Morgan fingerprint density at radius 1 is 1.11 bits per heavy atom. The Kier molecular flexibility index (Phi) is 13.4. The zero-order chi connectivity index (χ0) is 40.6. The normalized spacial score (nSPS) is 18.1. The van der Waals surface area contributed by atoms with Crippen LogP contribution in [0.1, 0.15) is 82.8 Å². The lowest BCUT2D eigenvalue weighted by atomic mass is 9.72. The molecule has 0 bridgehead atoms. The van der Waals surface area contributed by atoms with Gasteiger partial charge in [-0.3, -0.25) is 4.79 Å². The van der Waals surface area contributed by atoms with Gasteiger partial charge >= 0.3 is 0 Å². The molecular weight excluding hydrogens is 701 g/mol. The molecule has 56 heavy (non-hydrogen) atoms. The van der Waals surface area contributed by atoms with Crippen LogP contribution in [0.5, 0.6) is 5.75 Å². The Morgan fingerprint density at radius 2 is 1.88 bits per heavy atom. The molecule has 4 aromatic rings. The first-order valence-electron chi connectivity index (χ1n) is 19.7. The van der Waals surface area contributed by atoms with Crippen LogP contribution in [0.3, 0.4) is 0 Å². The third-order valence-electron chi connectivity index (χ3n) is 10.9. The van der Waals surface area contributed by atoms with Crippen molar-refractivity contribution in [3.63, 3.8) is 0 Å². The number of fused-ring (bicyclic) bond motifs is 3. The van der Waals surface area contributed by atoms with E-state index in [2.05, 4.69) is 71.3 Å². The van der Waals surface area contributed by atoms with E-state index in [0.29, 0.717) is 18.0 Å². The number of anilines is 3. The number of nitrogens with zero attached hydrogens (tertiary/aromatic N) is 6. The fraction of sp³-hybridized carbons (Fsp3) is 0.422. The molecule has 3 aliphatic rings. The Balaban J connectivity index is 0.000000438. The average Bonchev–Trinajstić information content (AvgIpc) is 3.95. The van der Waals surface area contributed by atoms with Gasteiger partial charge in [-0.1, -0.05) is 59.9 Å². The molecule has 2 aliphatic heterocycles. The zero-order valence-corrected chi connectivity index (χ0v) is 34.6. The number of carbonyl (C=O) groups excluding carboxylic acids is 1. The van der Waals surface area contributed by atoms with Crippen LogP contribution >= 0.6 is 0 Å². The van der Waals surface area contributed by atoms with Gasteiger partial charge in [0.25, 0.3) is 11.9 Å². The van der Waals surface area contributed by atoms with Crippen molar-refractivity contribution in [2.75, 3.05) is 62.4 Å². The van der Waals surface area contributed by atoms with Crippen molar-refractivity contribution in [2.24, 2.45) is 5.41 Å². The van der Waals surface area contributed by atoms with Gasteiger partial charge in [-0.05, 0) is 111 Å². The van der Waals surface area contributed by atoms with E-state index in [-0.39, 0.29) is 22.7 Å². The van der Waals surface area contributed by atoms with Crippen molar-refractivity contribution in [3.8, 4) is 23.0 Å². The quantitative estimate of drug-likeness (QED) is 0.121. The summed E-state index contributed by atoms with van der Waals surface area (Å²) >= 11 is 0. The number of methoxy groups -OCH3 is 1. The molecule has 7 rings (SSSR count). The number of carbonyl (C=O) groups is 1. The first-order valence-corrected chi connectivity index (χ1v) is 19.7. The van der Waals surface area contributed by atoms with Gasteiger partial charge in [-0.15, -0.1) is 5.10 Å². The molecule has 0 saturated carbocycles. The van der Waals surface area contributed by atoms with Crippen LogP contribution < -0.4 is 20.7 Å². The highest BCUT2D eigenvalue weighted by Crippen LogP contribution is 2.44. The van der Waals surface area contributed by atoms with Gasteiger partial charge in [0.05, 0.1) is 18.6 Å². The summed E-state index contributed by atoms with van der Waals surface area (Å²) in [5, 5.41) is 7.44. The van der Waals surface area contributed by atoms with Gasteiger partial charge in [0.1, 0.15) is 17.9 Å². The predicted molar refractivity (Wildman–Crippen MR) is 229 cm³/mol. The highest BCUT2D eigenvalue weighted by Gasteiger charge is 2.43. The standard InChI is InChI=1S/C34H40N8O2.C9H14O.C2H6/c1-5-40-13-11-34(20-40)12-14-41(21-34)24-8-6-7-23(15-24)37-31(43)27-19-42(39-30(27)35)32-36-18-22-17-33(2,3)28-16-25(44-4)9-10-26(28)29(22)38-32;1-5-8(3)7-10-9(4)6-2;1-2/h6-10,15-16,18-19H,5,11-14,17,20-21H2,1-4H3,(H2,35,39)(H,37,43);5-6H,1,3,7H2,2,4H3;1-2H3/b;9-6+;. The summed E-state index contributed by atoms with van der Waals surface area (Å²) in [5.41, 5.74) is 13.7. The second-order valence-electron chi connectivity index (χ2n) is 15.2. The van der Waals surface area contributed by atoms with E-state index in [9.17, 15) is 4.79 Å². The third-order valence-corrected chi connectivity index (χ3v) is 10.9. The number of hydrogen-bond donors (Lipinski definition) is 2. The van der Waals surface area contributed by atoms with Gasteiger partial charge in [0, 0.05) is 54.4 Å². The van der Waals surface area contributed by atoms with Crippen LogP contribution in [0.2, 0.25) is 0 Å². The fourth-order valence-electron chi connectivity index (χ4n) is 7.64.